The zero-order chi connectivity index (χ0) is 12.4. The Hall–Kier alpha value is -0.810. The smallest absolute Gasteiger partial charge is 0.317 e. The van der Waals surface area contributed by atoms with E-state index in [0.717, 1.165) is 39.0 Å². The molecule has 2 heterocycles. The van der Waals surface area contributed by atoms with Crippen molar-refractivity contribution >= 4 is 6.03 Å². The molecule has 5 heteroatoms. The second-order valence-electron chi connectivity index (χ2n) is 5.51. The van der Waals surface area contributed by atoms with Gasteiger partial charge in [0, 0.05) is 32.2 Å². The van der Waals surface area contributed by atoms with Crippen LogP contribution in [0.5, 0.6) is 0 Å². The number of hydrogen-bond acceptors (Lipinski definition) is 3. The number of rotatable bonds is 2. The van der Waals surface area contributed by atoms with E-state index in [9.17, 15) is 4.79 Å². The van der Waals surface area contributed by atoms with Crippen LogP contribution in [0.25, 0.3) is 0 Å². The zero-order valence-corrected chi connectivity index (χ0v) is 11.1. The van der Waals surface area contributed by atoms with Gasteiger partial charge < -0.3 is 20.0 Å². The van der Waals surface area contributed by atoms with Crippen molar-refractivity contribution in [3.8, 4) is 0 Å². The minimum atomic E-state index is 0.0885. The molecule has 17 heavy (non-hydrogen) atoms. The lowest BCUT2D eigenvalue weighted by Gasteiger charge is -2.26. The molecule has 2 fully saturated rings. The summed E-state index contributed by atoms with van der Waals surface area (Å²) in [5.41, 5.74) is 0. The van der Waals surface area contributed by atoms with Crippen molar-refractivity contribution in [2.45, 2.75) is 24.9 Å². The van der Waals surface area contributed by atoms with Gasteiger partial charge >= 0.3 is 6.03 Å². The summed E-state index contributed by atoms with van der Waals surface area (Å²) in [6.45, 7) is 4.15. The molecule has 2 aliphatic rings. The first-order chi connectivity index (χ1) is 8.06. The highest BCUT2D eigenvalue weighted by molar-refractivity contribution is 5.74. The average Bonchev–Trinajstić information content (AvgIpc) is 2.87. The number of carbonyl (C=O) groups excluding carboxylic acids is 1. The third-order valence-corrected chi connectivity index (χ3v) is 3.95. The fourth-order valence-corrected chi connectivity index (χ4v) is 2.72. The molecule has 2 saturated heterocycles. The maximum Gasteiger partial charge on any atom is 0.317 e. The third-order valence-electron chi connectivity index (χ3n) is 3.95. The second-order valence-corrected chi connectivity index (χ2v) is 5.51. The van der Waals surface area contributed by atoms with Gasteiger partial charge in [-0.3, -0.25) is 0 Å². The minimum absolute atomic E-state index is 0.0885. The van der Waals surface area contributed by atoms with E-state index in [-0.39, 0.29) is 6.03 Å². The second kappa shape index (κ2) is 5.23. The maximum absolute atomic E-state index is 12.1. The first-order valence-electron chi connectivity index (χ1n) is 6.46. The molecule has 2 rings (SSSR count). The Labute approximate surface area is 104 Å². The van der Waals surface area contributed by atoms with E-state index in [1.54, 1.807) is 0 Å². The van der Waals surface area contributed by atoms with Crippen LogP contribution < -0.4 is 5.32 Å². The number of nitrogens with one attached hydrogen (secondary N) is 1. The number of likely N-dealkylation sites (tertiary alicyclic amines) is 2. The molecule has 0 aromatic carbocycles. The summed E-state index contributed by atoms with van der Waals surface area (Å²) >= 11 is 0. The van der Waals surface area contributed by atoms with Gasteiger partial charge in [-0.1, -0.05) is 0 Å². The monoisotopic (exact) mass is 240 g/mol. The molecule has 0 bridgehead atoms. The third kappa shape index (κ3) is 3.10. The summed E-state index contributed by atoms with van der Waals surface area (Å²) in [6, 6.07) is 0.791. The molecule has 2 atom stereocenters. The predicted molar refractivity (Wildman–Crippen MR) is 68.1 cm³/mol. The minimum Gasteiger partial charge on any atom is -0.334 e. The van der Waals surface area contributed by atoms with Crippen molar-refractivity contribution in [3.05, 3.63) is 0 Å². The van der Waals surface area contributed by atoms with Crippen LogP contribution >= 0.6 is 0 Å². The van der Waals surface area contributed by atoms with Crippen LogP contribution in [-0.2, 0) is 0 Å². The molecule has 1 N–H and O–H groups in total. The number of urea groups is 1. The van der Waals surface area contributed by atoms with E-state index in [1.807, 2.05) is 11.9 Å². The first-order valence-corrected chi connectivity index (χ1v) is 6.46. The van der Waals surface area contributed by atoms with Crippen LogP contribution in [0.2, 0.25) is 0 Å². The quantitative estimate of drug-likeness (QED) is 0.740. The molecule has 2 aliphatic heterocycles. The van der Waals surface area contributed by atoms with Crippen molar-refractivity contribution < 1.29 is 4.79 Å². The van der Waals surface area contributed by atoms with Crippen LogP contribution in [0, 0.1) is 0 Å². The van der Waals surface area contributed by atoms with Gasteiger partial charge in [0.2, 0.25) is 0 Å². The number of carbonyl (C=O) groups is 1. The summed E-state index contributed by atoms with van der Waals surface area (Å²) in [4.78, 5) is 18.5. The van der Waals surface area contributed by atoms with Gasteiger partial charge in [0.15, 0.2) is 0 Å². The lowest BCUT2D eigenvalue weighted by molar-refractivity contribution is 0.187. The Morgan fingerprint density at radius 1 is 1.18 bits per heavy atom. The first kappa shape index (κ1) is 12.6. The summed E-state index contributed by atoms with van der Waals surface area (Å²) in [7, 11) is 6.12. The molecule has 0 radical (unpaired) electrons. The van der Waals surface area contributed by atoms with Gasteiger partial charge in [0.25, 0.3) is 0 Å². The van der Waals surface area contributed by atoms with E-state index >= 15 is 0 Å². The van der Waals surface area contributed by atoms with Crippen molar-refractivity contribution in [1.29, 1.82) is 0 Å². The summed E-state index contributed by atoms with van der Waals surface area (Å²) in [6.07, 6.45) is 2.16. The Kier molecular flexibility index (Phi) is 3.89. The van der Waals surface area contributed by atoms with Crippen LogP contribution in [0.4, 0.5) is 4.79 Å². The van der Waals surface area contributed by atoms with Gasteiger partial charge in [-0.25, -0.2) is 4.79 Å². The van der Waals surface area contributed by atoms with Crippen molar-refractivity contribution in [2.24, 2.45) is 0 Å². The number of nitrogens with zero attached hydrogens (tertiary/aromatic N) is 3. The molecule has 0 aromatic heterocycles. The van der Waals surface area contributed by atoms with Crippen molar-refractivity contribution in [2.75, 3.05) is 47.3 Å². The molecule has 0 aliphatic carbocycles. The van der Waals surface area contributed by atoms with Crippen molar-refractivity contribution in [3.63, 3.8) is 0 Å². The molecular formula is C12H24N4O. The highest BCUT2D eigenvalue weighted by Crippen LogP contribution is 2.13. The van der Waals surface area contributed by atoms with Crippen molar-refractivity contribution in [1.82, 2.24) is 20.0 Å². The van der Waals surface area contributed by atoms with E-state index in [4.69, 9.17) is 0 Å². The van der Waals surface area contributed by atoms with Gasteiger partial charge in [-0.15, -0.1) is 0 Å². The summed E-state index contributed by atoms with van der Waals surface area (Å²) in [5.74, 6) is 0. The lowest BCUT2D eigenvalue weighted by Crippen LogP contribution is -2.48. The molecule has 98 valence electrons. The average molecular weight is 240 g/mol. The number of amides is 2. The van der Waals surface area contributed by atoms with Gasteiger partial charge in [0.05, 0.1) is 0 Å². The van der Waals surface area contributed by atoms with Gasteiger partial charge in [0.1, 0.15) is 0 Å². The molecule has 0 spiro atoms. The lowest BCUT2D eigenvalue weighted by atomic mass is 10.2. The van der Waals surface area contributed by atoms with E-state index < -0.39 is 0 Å². The normalized spacial score (nSPS) is 30.8. The Morgan fingerprint density at radius 2 is 1.82 bits per heavy atom. The highest BCUT2D eigenvalue weighted by atomic mass is 16.2. The van der Waals surface area contributed by atoms with Gasteiger partial charge in [-0.05, 0) is 40.0 Å². The van der Waals surface area contributed by atoms with E-state index in [0.29, 0.717) is 12.1 Å². The molecule has 0 aromatic rings. The zero-order valence-electron chi connectivity index (χ0n) is 11.1. The maximum atomic E-state index is 12.1. The predicted octanol–water partition coefficient (Wildman–Crippen LogP) is 0.0360. The molecule has 2 amide bonds. The number of likely N-dealkylation sites (N-methyl/N-ethyl adjacent to an activating group) is 3. The number of hydrogen-bond donors (Lipinski definition) is 1. The standard InChI is InChI=1S/C12H24N4O/c1-14-6-4-10(8-14)13-12(17)16(3)11-5-7-15(2)9-11/h10-11H,4-9H2,1-3H3,(H,13,17). The fraction of sp³-hybridized carbons (Fsp3) is 0.917. The van der Waals surface area contributed by atoms with Crippen LogP contribution in [0.1, 0.15) is 12.8 Å². The Balaban J connectivity index is 1.79. The SMILES string of the molecule is CN1CCC(NC(=O)N(C)C2CCN(C)C2)C1. The Bertz CT molecular complexity index is 284. The molecule has 0 saturated carbocycles. The summed E-state index contributed by atoms with van der Waals surface area (Å²) in [5, 5.41) is 3.13. The topological polar surface area (TPSA) is 38.8 Å². The van der Waals surface area contributed by atoms with Crippen LogP contribution in [0.3, 0.4) is 0 Å². The molecule has 5 nitrogen and oxygen atoms in total. The largest absolute Gasteiger partial charge is 0.334 e. The fourth-order valence-electron chi connectivity index (χ4n) is 2.72. The molecule has 2 unspecified atom stereocenters. The highest BCUT2D eigenvalue weighted by Gasteiger charge is 2.28. The summed E-state index contributed by atoms with van der Waals surface area (Å²) < 4.78 is 0. The van der Waals surface area contributed by atoms with Gasteiger partial charge in [-0.2, -0.15) is 0 Å². The Morgan fingerprint density at radius 3 is 2.35 bits per heavy atom. The van der Waals surface area contributed by atoms with E-state index in [2.05, 4.69) is 29.2 Å². The molecular weight excluding hydrogens is 216 g/mol. The van der Waals surface area contributed by atoms with E-state index in [1.165, 1.54) is 0 Å². The van der Waals surface area contributed by atoms with Crippen LogP contribution in [-0.4, -0.2) is 80.1 Å². The van der Waals surface area contributed by atoms with Crippen LogP contribution in [0.15, 0.2) is 0 Å².